The van der Waals surface area contributed by atoms with Gasteiger partial charge in [-0.2, -0.15) is 4.31 Å². The molecule has 6 nitrogen and oxygen atoms in total. The van der Waals surface area contributed by atoms with Crippen molar-refractivity contribution in [2.45, 2.75) is 6.92 Å². The van der Waals surface area contributed by atoms with Crippen LogP contribution in [0.25, 0.3) is 0 Å². The Kier molecular flexibility index (Phi) is 3.93. The fourth-order valence-electron chi connectivity index (χ4n) is 2.67. The summed E-state index contributed by atoms with van der Waals surface area (Å²) in [5.74, 6) is 1.04. The Balaban J connectivity index is 1.90. The zero-order valence-corrected chi connectivity index (χ0v) is 11.7. The van der Waals surface area contributed by atoms with Crippen molar-refractivity contribution < 1.29 is 13.2 Å². The van der Waals surface area contributed by atoms with E-state index in [0.29, 0.717) is 11.8 Å². The number of hydrogen-bond donors (Lipinski definition) is 1. The van der Waals surface area contributed by atoms with Crippen LogP contribution in [0.1, 0.15) is 6.92 Å². The van der Waals surface area contributed by atoms with Crippen molar-refractivity contribution in [1.29, 1.82) is 0 Å². The molecule has 0 aromatic carbocycles. The van der Waals surface area contributed by atoms with E-state index in [1.165, 1.54) is 7.05 Å². The van der Waals surface area contributed by atoms with Crippen molar-refractivity contribution in [3.63, 3.8) is 0 Å². The van der Waals surface area contributed by atoms with Gasteiger partial charge in [-0.15, -0.1) is 0 Å². The molecule has 0 aromatic rings. The van der Waals surface area contributed by atoms with Gasteiger partial charge in [0.05, 0.1) is 12.3 Å². The minimum Gasteiger partial charge on any atom is -0.341 e. The molecule has 104 valence electrons. The van der Waals surface area contributed by atoms with Gasteiger partial charge in [0.2, 0.25) is 15.9 Å². The molecule has 7 heteroatoms. The van der Waals surface area contributed by atoms with Gasteiger partial charge in [0.15, 0.2) is 0 Å². The minimum absolute atomic E-state index is 0.0337. The molecule has 2 saturated heterocycles. The van der Waals surface area contributed by atoms with E-state index in [9.17, 15) is 13.2 Å². The van der Waals surface area contributed by atoms with Gasteiger partial charge >= 0.3 is 0 Å². The number of amides is 1. The van der Waals surface area contributed by atoms with Crippen LogP contribution in [-0.4, -0.2) is 69.1 Å². The number of carbonyl (C=O) groups is 1. The lowest BCUT2D eigenvalue weighted by Crippen LogP contribution is -2.41. The predicted molar refractivity (Wildman–Crippen MR) is 68.5 cm³/mol. The van der Waals surface area contributed by atoms with Gasteiger partial charge in [-0.25, -0.2) is 8.42 Å². The smallest absolute Gasteiger partial charge is 0.237 e. The molecule has 2 heterocycles. The van der Waals surface area contributed by atoms with Crippen molar-refractivity contribution in [2.24, 2.45) is 11.8 Å². The number of nitrogens with zero attached hydrogens (tertiary/aromatic N) is 2. The maximum atomic E-state index is 12.0. The van der Waals surface area contributed by atoms with Crippen LogP contribution in [0, 0.1) is 11.8 Å². The maximum absolute atomic E-state index is 12.0. The average Bonchev–Trinajstić information content (AvgIpc) is 2.88. The molecule has 2 rings (SSSR count). The Bertz CT molecular complexity index is 411. The summed E-state index contributed by atoms with van der Waals surface area (Å²) in [4.78, 5) is 13.9. The van der Waals surface area contributed by atoms with Gasteiger partial charge < -0.3 is 10.2 Å². The second-order valence-corrected chi connectivity index (χ2v) is 7.50. The first-order valence-corrected chi connectivity index (χ1v) is 7.97. The summed E-state index contributed by atoms with van der Waals surface area (Å²) >= 11 is 0. The second-order valence-electron chi connectivity index (χ2n) is 5.13. The molecule has 1 N–H and O–H groups in total. The highest BCUT2D eigenvalue weighted by Gasteiger charge is 2.38. The van der Waals surface area contributed by atoms with Crippen molar-refractivity contribution in [3.05, 3.63) is 0 Å². The lowest BCUT2D eigenvalue weighted by atomic mass is 10.0. The highest BCUT2D eigenvalue weighted by Crippen LogP contribution is 2.26. The molecule has 2 aliphatic heterocycles. The molecule has 0 aliphatic carbocycles. The number of rotatable bonds is 4. The number of hydrogen-bond acceptors (Lipinski definition) is 4. The zero-order chi connectivity index (χ0) is 13.3. The van der Waals surface area contributed by atoms with E-state index in [4.69, 9.17) is 0 Å². The molecular weight excluding hydrogens is 254 g/mol. The summed E-state index contributed by atoms with van der Waals surface area (Å²) in [7, 11) is -1.80. The summed E-state index contributed by atoms with van der Waals surface area (Å²) in [5.41, 5.74) is 0. The van der Waals surface area contributed by atoms with Crippen LogP contribution in [0.2, 0.25) is 0 Å². The van der Waals surface area contributed by atoms with Crippen molar-refractivity contribution in [3.8, 4) is 0 Å². The molecule has 0 saturated carbocycles. The average molecular weight is 275 g/mol. The van der Waals surface area contributed by atoms with Gasteiger partial charge in [0.25, 0.3) is 0 Å². The Morgan fingerprint density at radius 3 is 2.39 bits per heavy atom. The Labute approximate surface area is 108 Å². The van der Waals surface area contributed by atoms with Crippen LogP contribution in [0.15, 0.2) is 0 Å². The molecule has 0 bridgehead atoms. The summed E-state index contributed by atoms with van der Waals surface area (Å²) < 4.78 is 24.3. The van der Waals surface area contributed by atoms with Gasteiger partial charge in [-0.3, -0.25) is 4.79 Å². The molecular formula is C11H21N3O3S. The third-order valence-electron chi connectivity index (χ3n) is 3.94. The molecule has 18 heavy (non-hydrogen) atoms. The first-order chi connectivity index (χ1) is 8.44. The van der Waals surface area contributed by atoms with E-state index in [1.807, 2.05) is 0 Å². The number of likely N-dealkylation sites (tertiary alicyclic amines) is 1. The number of nitrogens with one attached hydrogen (secondary N) is 1. The fourth-order valence-corrected chi connectivity index (χ4v) is 3.42. The number of carbonyl (C=O) groups excluding carboxylic acids is 1. The molecule has 0 spiro atoms. The van der Waals surface area contributed by atoms with E-state index in [0.717, 1.165) is 30.5 Å². The largest absolute Gasteiger partial charge is 0.341 e. The van der Waals surface area contributed by atoms with E-state index in [1.54, 1.807) is 11.8 Å². The lowest BCUT2D eigenvalue weighted by molar-refractivity contribution is -0.130. The molecule has 0 aromatic heterocycles. The van der Waals surface area contributed by atoms with Crippen molar-refractivity contribution >= 4 is 15.9 Å². The normalized spacial score (nSPS) is 27.8. The third-order valence-corrected chi connectivity index (χ3v) is 5.75. The zero-order valence-electron chi connectivity index (χ0n) is 10.9. The monoisotopic (exact) mass is 275 g/mol. The number of likely N-dealkylation sites (N-methyl/N-ethyl adjacent to an activating group) is 1. The molecule has 0 radical (unpaired) electrons. The van der Waals surface area contributed by atoms with E-state index < -0.39 is 10.0 Å². The Morgan fingerprint density at radius 1 is 1.33 bits per heavy atom. The SMILES string of the molecule is CCS(=O)(=O)N(C)CC(=O)N1C[C@H]2CNC[C@H]2C1. The van der Waals surface area contributed by atoms with Gasteiger partial charge in [0, 0.05) is 33.2 Å². The summed E-state index contributed by atoms with van der Waals surface area (Å²) in [6.07, 6.45) is 0. The summed E-state index contributed by atoms with van der Waals surface area (Å²) in [5, 5.41) is 3.31. The molecule has 0 unspecified atom stereocenters. The van der Waals surface area contributed by atoms with Gasteiger partial charge in [-0.05, 0) is 18.8 Å². The van der Waals surface area contributed by atoms with Crippen LogP contribution in [-0.2, 0) is 14.8 Å². The summed E-state index contributed by atoms with van der Waals surface area (Å²) in [6, 6.07) is 0. The second kappa shape index (κ2) is 5.14. The lowest BCUT2D eigenvalue weighted by Gasteiger charge is -2.21. The molecule has 1 amide bonds. The Morgan fingerprint density at radius 2 is 1.89 bits per heavy atom. The molecule has 2 fully saturated rings. The molecule has 2 atom stereocenters. The van der Waals surface area contributed by atoms with Gasteiger partial charge in [-0.1, -0.05) is 0 Å². The van der Waals surface area contributed by atoms with Crippen LogP contribution in [0.3, 0.4) is 0 Å². The van der Waals surface area contributed by atoms with E-state index in [2.05, 4.69) is 5.32 Å². The highest BCUT2D eigenvalue weighted by molar-refractivity contribution is 7.89. The quantitative estimate of drug-likeness (QED) is 0.710. The standard InChI is InChI=1S/C11H21N3O3S/c1-3-18(16,17)13(2)8-11(15)14-6-9-4-12-5-10(9)7-14/h9-10,12H,3-8H2,1-2H3/t9-,10+. The number of sulfonamides is 1. The van der Waals surface area contributed by atoms with Crippen LogP contribution in [0.4, 0.5) is 0 Å². The Hall–Kier alpha value is -0.660. The van der Waals surface area contributed by atoms with Crippen LogP contribution >= 0.6 is 0 Å². The van der Waals surface area contributed by atoms with E-state index >= 15 is 0 Å². The number of fused-ring (bicyclic) bond motifs is 1. The minimum atomic E-state index is -3.27. The fraction of sp³-hybridized carbons (Fsp3) is 0.909. The van der Waals surface area contributed by atoms with E-state index in [-0.39, 0.29) is 18.2 Å². The van der Waals surface area contributed by atoms with Gasteiger partial charge in [0.1, 0.15) is 0 Å². The van der Waals surface area contributed by atoms with Crippen molar-refractivity contribution in [2.75, 3.05) is 45.5 Å². The first-order valence-electron chi connectivity index (χ1n) is 6.36. The molecule has 2 aliphatic rings. The van der Waals surface area contributed by atoms with Crippen LogP contribution in [0.5, 0.6) is 0 Å². The predicted octanol–water partition coefficient (Wildman–Crippen LogP) is -1.05. The van der Waals surface area contributed by atoms with Crippen LogP contribution < -0.4 is 5.32 Å². The first kappa shape index (κ1) is 13.8. The summed E-state index contributed by atoms with van der Waals surface area (Å²) in [6.45, 7) is 5.01. The third kappa shape index (κ3) is 2.67. The maximum Gasteiger partial charge on any atom is 0.237 e. The highest BCUT2D eigenvalue weighted by atomic mass is 32.2. The topological polar surface area (TPSA) is 69.7 Å². The van der Waals surface area contributed by atoms with Crippen molar-refractivity contribution in [1.82, 2.24) is 14.5 Å².